The van der Waals surface area contributed by atoms with Crippen LogP contribution in [-0.4, -0.2) is 28.3 Å². The van der Waals surface area contributed by atoms with Gasteiger partial charge in [-0.2, -0.15) is 0 Å². The molecule has 0 fully saturated rings. The van der Waals surface area contributed by atoms with E-state index >= 15 is 0 Å². The topological polar surface area (TPSA) is 59.5 Å². The van der Waals surface area contributed by atoms with Crippen LogP contribution in [0.4, 0.5) is 0 Å². The minimum atomic E-state index is -0.504. The van der Waals surface area contributed by atoms with E-state index in [0.717, 1.165) is 4.90 Å². The van der Waals surface area contributed by atoms with E-state index in [1.165, 1.54) is 0 Å². The van der Waals surface area contributed by atoms with E-state index in [1.807, 2.05) is 6.92 Å². The molecule has 1 aliphatic heterocycles. The van der Waals surface area contributed by atoms with E-state index in [2.05, 4.69) is 4.98 Å². The SMILES string of the molecule is CCOc1ccc(C2=C(Cl)C(=O)N(Cc3ccccn3)C2=O)cc1. The van der Waals surface area contributed by atoms with Gasteiger partial charge in [-0.3, -0.25) is 19.5 Å². The van der Waals surface area contributed by atoms with Crippen LogP contribution in [0.5, 0.6) is 5.75 Å². The van der Waals surface area contributed by atoms with Crippen LogP contribution >= 0.6 is 11.6 Å². The highest BCUT2D eigenvalue weighted by atomic mass is 35.5. The van der Waals surface area contributed by atoms with Crippen molar-refractivity contribution in [2.24, 2.45) is 0 Å². The van der Waals surface area contributed by atoms with Crippen molar-refractivity contribution in [2.45, 2.75) is 13.5 Å². The molecule has 0 spiro atoms. The smallest absolute Gasteiger partial charge is 0.273 e. The monoisotopic (exact) mass is 342 g/mol. The molecule has 24 heavy (non-hydrogen) atoms. The molecule has 1 aromatic heterocycles. The Morgan fingerprint density at radius 2 is 1.83 bits per heavy atom. The lowest BCUT2D eigenvalue weighted by Gasteiger charge is -2.14. The first kappa shape index (κ1) is 16.2. The van der Waals surface area contributed by atoms with Crippen molar-refractivity contribution in [3.05, 3.63) is 65.0 Å². The Labute approximate surface area is 144 Å². The number of ether oxygens (including phenoxy) is 1. The van der Waals surface area contributed by atoms with Crippen molar-refractivity contribution >= 4 is 29.0 Å². The van der Waals surface area contributed by atoms with Gasteiger partial charge in [0.1, 0.15) is 10.8 Å². The molecule has 5 nitrogen and oxygen atoms in total. The summed E-state index contributed by atoms with van der Waals surface area (Å²) in [6, 6.07) is 12.3. The van der Waals surface area contributed by atoms with Crippen molar-refractivity contribution in [3.63, 3.8) is 0 Å². The molecule has 0 radical (unpaired) electrons. The van der Waals surface area contributed by atoms with Crippen LogP contribution in [0.15, 0.2) is 53.7 Å². The highest BCUT2D eigenvalue weighted by Gasteiger charge is 2.38. The molecule has 0 N–H and O–H groups in total. The number of imide groups is 1. The molecule has 6 heteroatoms. The van der Waals surface area contributed by atoms with Crippen LogP contribution < -0.4 is 4.74 Å². The van der Waals surface area contributed by atoms with Gasteiger partial charge in [-0.15, -0.1) is 0 Å². The van der Waals surface area contributed by atoms with E-state index in [9.17, 15) is 9.59 Å². The lowest BCUT2D eigenvalue weighted by molar-refractivity contribution is -0.137. The summed E-state index contributed by atoms with van der Waals surface area (Å²) in [6.07, 6.45) is 1.61. The number of carbonyl (C=O) groups excluding carboxylic acids is 2. The third-order valence-corrected chi connectivity index (χ3v) is 3.96. The Bertz CT molecular complexity index is 801. The van der Waals surface area contributed by atoms with Crippen molar-refractivity contribution in [1.29, 1.82) is 0 Å². The van der Waals surface area contributed by atoms with E-state index in [4.69, 9.17) is 16.3 Å². The molecule has 122 valence electrons. The van der Waals surface area contributed by atoms with E-state index in [0.29, 0.717) is 23.6 Å². The van der Waals surface area contributed by atoms with E-state index < -0.39 is 11.8 Å². The number of rotatable bonds is 5. The molecule has 1 aromatic carbocycles. The molecule has 0 unspecified atom stereocenters. The van der Waals surface area contributed by atoms with Gasteiger partial charge in [-0.25, -0.2) is 0 Å². The van der Waals surface area contributed by atoms with Crippen molar-refractivity contribution in [2.75, 3.05) is 6.61 Å². The maximum absolute atomic E-state index is 12.6. The summed E-state index contributed by atoms with van der Waals surface area (Å²) < 4.78 is 5.38. The van der Waals surface area contributed by atoms with Crippen LogP contribution in [-0.2, 0) is 16.1 Å². The zero-order valence-electron chi connectivity index (χ0n) is 13.0. The third kappa shape index (κ3) is 3.03. The number of aromatic nitrogens is 1. The minimum absolute atomic E-state index is 0.0694. The van der Waals surface area contributed by atoms with Crippen LogP contribution in [0.25, 0.3) is 5.57 Å². The van der Waals surface area contributed by atoms with Gasteiger partial charge >= 0.3 is 0 Å². The highest BCUT2D eigenvalue weighted by Crippen LogP contribution is 2.33. The summed E-state index contributed by atoms with van der Waals surface area (Å²) in [5, 5.41) is -0.0694. The highest BCUT2D eigenvalue weighted by molar-refractivity contribution is 6.55. The van der Waals surface area contributed by atoms with Crippen molar-refractivity contribution in [3.8, 4) is 5.75 Å². The quantitative estimate of drug-likeness (QED) is 0.784. The van der Waals surface area contributed by atoms with Gasteiger partial charge in [-0.05, 0) is 36.8 Å². The second-order valence-corrected chi connectivity index (χ2v) is 5.54. The van der Waals surface area contributed by atoms with Crippen molar-refractivity contribution < 1.29 is 14.3 Å². The average molecular weight is 343 g/mol. The number of hydrogen-bond acceptors (Lipinski definition) is 4. The molecular weight excluding hydrogens is 328 g/mol. The molecule has 0 atom stereocenters. The van der Waals surface area contributed by atoms with E-state index in [-0.39, 0.29) is 17.2 Å². The molecular formula is C18H15ClN2O3. The Morgan fingerprint density at radius 1 is 1.08 bits per heavy atom. The molecule has 0 saturated heterocycles. The zero-order chi connectivity index (χ0) is 17.1. The van der Waals surface area contributed by atoms with Crippen LogP contribution in [0.3, 0.4) is 0 Å². The third-order valence-electron chi connectivity index (χ3n) is 3.61. The molecule has 1 aliphatic rings. The number of pyridine rings is 1. The lowest BCUT2D eigenvalue weighted by atomic mass is 10.1. The number of nitrogens with zero attached hydrogens (tertiary/aromatic N) is 2. The number of halogens is 1. The Hall–Kier alpha value is -2.66. The van der Waals surface area contributed by atoms with Gasteiger partial charge in [0.2, 0.25) is 0 Å². The average Bonchev–Trinajstić information content (AvgIpc) is 2.81. The molecule has 2 aromatic rings. The predicted octanol–water partition coefficient (Wildman–Crippen LogP) is 3.00. The Morgan fingerprint density at radius 3 is 2.46 bits per heavy atom. The second-order valence-electron chi connectivity index (χ2n) is 5.16. The van der Waals surface area contributed by atoms with Gasteiger partial charge in [0, 0.05) is 6.20 Å². The molecule has 0 bridgehead atoms. The van der Waals surface area contributed by atoms with Crippen LogP contribution in [0, 0.1) is 0 Å². The van der Waals surface area contributed by atoms with Gasteiger partial charge in [0.15, 0.2) is 0 Å². The summed E-state index contributed by atoms with van der Waals surface area (Å²) in [5.41, 5.74) is 1.42. The standard InChI is InChI=1S/C18H15ClN2O3/c1-2-24-14-8-6-12(7-9-14)15-16(19)18(23)21(17(15)22)11-13-5-3-4-10-20-13/h3-10H,2,11H2,1H3. The van der Waals surface area contributed by atoms with Gasteiger partial charge in [-0.1, -0.05) is 29.8 Å². The predicted molar refractivity (Wildman–Crippen MR) is 90.2 cm³/mol. The first-order chi connectivity index (χ1) is 11.6. The maximum atomic E-state index is 12.6. The fraction of sp³-hybridized carbons (Fsp3) is 0.167. The second kappa shape index (κ2) is 6.84. The van der Waals surface area contributed by atoms with Crippen molar-refractivity contribution in [1.82, 2.24) is 9.88 Å². The zero-order valence-corrected chi connectivity index (χ0v) is 13.8. The number of benzene rings is 1. The molecule has 3 rings (SSSR count). The summed E-state index contributed by atoms with van der Waals surface area (Å²) in [6.45, 7) is 2.54. The summed E-state index contributed by atoms with van der Waals surface area (Å²) in [5.74, 6) is -0.226. The molecule has 0 aliphatic carbocycles. The first-order valence-electron chi connectivity index (χ1n) is 7.51. The fourth-order valence-corrected chi connectivity index (χ4v) is 2.77. The Kier molecular flexibility index (Phi) is 4.62. The fourth-order valence-electron chi connectivity index (χ4n) is 2.48. The van der Waals surface area contributed by atoms with Gasteiger partial charge < -0.3 is 4.74 Å². The number of hydrogen-bond donors (Lipinski definition) is 0. The van der Waals surface area contributed by atoms with E-state index in [1.54, 1.807) is 48.7 Å². The summed E-state index contributed by atoms with van der Waals surface area (Å²) in [7, 11) is 0. The Balaban J connectivity index is 1.86. The van der Waals surface area contributed by atoms with Crippen LogP contribution in [0.2, 0.25) is 0 Å². The minimum Gasteiger partial charge on any atom is -0.494 e. The summed E-state index contributed by atoms with van der Waals surface area (Å²) >= 11 is 6.14. The van der Waals surface area contributed by atoms with Crippen LogP contribution in [0.1, 0.15) is 18.2 Å². The maximum Gasteiger partial charge on any atom is 0.273 e. The molecule has 2 heterocycles. The molecule has 0 saturated carbocycles. The lowest BCUT2D eigenvalue weighted by Crippen LogP contribution is -2.31. The number of amides is 2. The number of carbonyl (C=O) groups is 2. The first-order valence-corrected chi connectivity index (χ1v) is 7.88. The normalized spacial score (nSPS) is 14.5. The van der Waals surface area contributed by atoms with Gasteiger partial charge in [0.25, 0.3) is 11.8 Å². The summed E-state index contributed by atoms with van der Waals surface area (Å²) in [4.78, 5) is 30.2. The molecule has 2 amide bonds. The van der Waals surface area contributed by atoms with Gasteiger partial charge in [0.05, 0.1) is 24.4 Å². The largest absolute Gasteiger partial charge is 0.494 e.